The largest absolute Gasteiger partial charge is 0.334 e. The van der Waals surface area contributed by atoms with Crippen molar-refractivity contribution in [3.8, 4) is 11.1 Å². The Morgan fingerprint density at radius 3 is 2.50 bits per heavy atom. The lowest BCUT2D eigenvalue weighted by Crippen LogP contribution is -2.59. The molecule has 2 aliphatic heterocycles. The Labute approximate surface area is 184 Å². The van der Waals surface area contributed by atoms with E-state index in [9.17, 15) is 18.8 Å². The van der Waals surface area contributed by atoms with Gasteiger partial charge in [-0.1, -0.05) is 42.5 Å². The number of carbonyl (C=O) groups excluding carboxylic acids is 3. The molecule has 5 rings (SSSR count). The van der Waals surface area contributed by atoms with Crippen molar-refractivity contribution in [2.45, 2.75) is 6.04 Å². The number of fused-ring (bicyclic) bond motifs is 2. The highest BCUT2D eigenvalue weighted by Gasteiger charge is 2.40. The molecule has 0 aliphatic carbocycles. The summed E-state index contributed by atoms with van der Waals surface area (Å²) >= 11 is 0. The lowest BCUT2D eigenvalue weighted by atomic mass is 10.0. The second-order valence-corrected chi connectivity index (χ2v) is 7.89. The molecule has 1 saturated heterocycles. The van der Waals surface area contributed by atoms with E-state index in [1.807, 2.05) is 36.4 Å². The van der Waals surface area contributed by atoms with Crippen molar-refractivity contribution in [2.24, 2.45) is 0 Å². The maximum atomic E-state index is 13.5. The molecule has 6 nitrogen and oxygen atoms in total. The van der Waals surface area contributed by atoms with Gasteiger partial charge in [-0.2, -0.15) is 0 Å². The number of halogens is 1. The molecule has 0 saturated carbocycles. The molecule has 1 N–H and O–H groups in total. The van der Waals surface area contributed by atoms with Crippen LogP contribution >= 0.6 is 0 Å². The lowest BCUT2D eigenvalue weighted by molar-refractivity contribution is -0.121. The fraction of sp³-hybridized carbons (Fsp3) is 0.160. The second-order valence-electron chi connectivity index (χ2n) is 7.89. The average molecular weight is 429 g/mol. The Kier molecular flexibility index (Phi) is 4.93. The highest BCUT2D eigenvalue weighted by molar-refractivity contribution is 6.11. The van der Waals surface area contributed by atoms with Gasteiger partial charge in [0.05, 0.1) is 17.8 Å². The van der Waals surface area contributed by atoms with Crippen molar-refractivity contribution >= 4 is 23.4 Å². The number of benzene rings is 3. The number of piperazine rings is 1. The number of anilines is 1. The van der Waals surface area contributed by atoms with Crippen molar-refractivity contribution in [1.82, 2.24) is 9.80 Å². The summed E-state index contributed by atoms with van der Waals surface area (Å²) in [6, 6.07) is 19.7. The van der Waals surface area contributed by atoms with E-state index in [0.717, 1.165) is 11.1 Å². The molecule has 32 heavy (non-hydrogen) atoms. The van der Waals surface area contributed by atoms with Crippen LogP contribution in [0.1, 0.15) is 20.7 Å². The van der Waals surface area contributed by atoms with E-state index in [4.69, 9.17) is 0 Å². The molecule has 0 radical (unpaired) electrons. The molecule has 2 aliphatic rings. The molecular formula is C25H20FN3O3. The van der Waals surface area contributed by atoms with Gasteiger partial charge < -0.3 is 15.1 Å². The summed E-state index contributed by atoms with van der Waals surface area (Å²) in [5.41, 5.74) is 2.95. The Morgan fingerprint density at radius 1 is 0.906 bits per heavy atom. The quantitative estimate of drug-likeness (QED) is 0.679. The van der Waals surface area contributed by atoms with Crippen molar-refractivity contribution in [3.05, 3.63) is 89.7 Å². The zero-order chi connectivity index (χ0) is 22.2. The summed E-state index contributed by atoms with van der Waals surface area (Å²) in [4.78, 5) is 42.2. The van der Waals surface area contributed by atoms with Crippen molar-refractivity contribution in [2.75, 3.05) is 25.0 Å². The topological polar surface area (TPSA) is 69.7 Å². The van der Waals surface area contributed by atoms with E-state index in [0.29, 0.717) is 11.3 Å². The molecule has 3 aromatic carbocycles. The summed E-state index contributed by atoms with van der Waals surface area (Å²) < 4.78 is 13.5. The molecule has 3 amide bonds. The van der Waals surface area contributed by atoms with Crippen LogP contribution in [-0.4, -0.2) is 53.2 Å². The van der Waals surface area contributed by atoms with E-state index in [2.05, 4.69) is 5.32 Å². The number of nitrogens with one attached hydrogen (secondary N) is 1. The first kappa shape index (κ1) is 19.9. The van der Waals surface area contributed by atoms with Crippen molar-refractivity contribution in [3.63, 3.8) is 0 Å². The van der Waals surface area contributed by atoms with Gasteiger partial charge in [-0.05, 0) is 41.5 Å². The van der Waals surface area contributed by atoms with Crippen LogP contribution in [0.2, 0.25) is 0 Å². The third-order valence-corrected chi connectivity index (χ3v) is 5.92. The molecule has 0 aromatic heterocycles. The minimum atomic E-state index is -0.818. The fourth-order valence-corrected chi connectivity index (χ4v) is 4.25. The molecule has 2 heterocycles. The third-order valence-electron chi connectivity index (χ3n) is 5.92. The Hall–Kier alpha value is -4.00. The van der Waals surface area contributed by atoms with Gasteiger partial charge in [0, 0.05) is 18.7 Å². The van der Waals surface area contributed by atoms with Crippen LogP contribution in [0, 0.1) is 5.82 Å². The molecule has 1 atom stereocenters. The summed E-state index contributed by atoms with van der Waals surface area (Å²) in [7, 11) is 0. The van der Waals surface area contributed by atoms with Crippen LogP contribution in [0.4, 0.5) is 10.1 Å². The lowest BCUT2D eigenvalue weighted by Gasteiger charge is -2.39. The Morgan fingerprint density at radius 2 is 1.72 bits per heavy atom. The van der Waals surface area contributed by atoms with Gasteiger partial charge in [-0.15, -0.1) is 0 Å². The SMILES string of the molecule is O=C1Nc2ccc(-c3ccccc3)cc2C(=O)N2CCN(C(=O)c3cccc(F)c3)CC12. The molecule has 160 valence electrons. The first-order chi connectivity index (χ1) is 15.5. The smallest absolute Gasteiger partial charge is 0.256 e. The standard InChI is InChI=1S/C25H20FN3O3/c26-19-8-4-7-18(13-19)24(31)28-11-12-29-22(15-28)23(30)27-21-10-9-17(14-20(21)25(29)32)16-5-2-1-3-6-16/h1-10,13-14,22H,11-12,15H2,(H,27,30). The number of hydrogen-bond donors (Lipinski definition) is 1. The van der Waals surface area contributed by atoms with Crippen LogP contribution < -0.4 is 5.32 Å². The van der Waals surface area contributed by atoms with Gasteiger partial charge in [-0.3, -0.25) is 14.4 Å². The van der Waals surface area contributed by atoms with E-state index in [1.54, 1.807) is 12.1 Å². The highest BCUT2D eigenvalue weighted by atomic mass is 19.1. The van der Waals surface area contributed by atoms with Crippen molar-refractivity contribution in [1.29, 1.82) is 0 Å². The minimum absolute atomic E-state index is 0.0481. The van der Waals surface area contributed by atoms with Crippen LogP contribution in [0.25, 0.3) is 11.1 Å². The molecule has 7 heteroatoms. The fourth-order valence-electron chi connectivity index (χ4n) is 4.25. The number of amides is 3. The monoisotopic (exact) mass is 429 g/mol. The number of carbonyl (C=O) groups is 3. The molecule has 0 spiro atoms. The van der Waals surface area contributed by atoms with E-state index in [1.165, 1.54) is 34.1 Å². The predicted molar refractivity (Wildman–Crippen MR) is 118 cm³/mol. The van der Waals surface area contributed by atoms with Crippen LogP contribution in [0.3, 0.4) is 0 Å². The van der Waals surface area contributed by atoms with Gasteiger partial charge in [0.1, 0.15) is 11.9 Å². The summed E-state index contributed by atoms with van der Waals surface area (Å²) in [6.07, 6.45) is 0. The predicted octanol–water partition coefficient (Wildman–Crippen LogP) is 3.41. The van der Waals surface area contributed by atoms with E-state index < -0.39 is 11.9 Å². The zero-order valence-corrected chi connectivity index (χ0v) is 17.1. The minimum Gasteiger partial charge on any atom is -0.334 e. The summed E-state index contributed by atoms with van der Waals surface area (Å²) in [5.74, 6) is -1.46. The second kappa shape index (κ2) is 7.92. The maximum absolute atomic E-state index is 13.5. The molecular weight excluding hydrogens is 409 g/mol. The first-order valence-electron chi connectivity index (χ1n) is 10.4. The number of rotatable bonds is 2. The average Bonchev–Trinajstić information content (AvgIpc) is 2.93. The van der Waals surface area contributed by atoms with Gasteiger partial charge in [0.15, 0.2) is 0 Å². The third kappa shape index (κ3) is 3.51. The Bertz CT molecular complexity index is 1230. The maximum Gasteiger partial charge on any atom is 0.256 e. The van der Waals surface area contributed by atoms with E-state index >= 15 is 0 Å². The van der Waals surface area contributed by atoms with Gasteiger partial charge in [0.25, 0.3) is 11.8 Å². The first-order valence-corrected chi connectivity index (χ1v) is 10.4. The van der Waals surface area contributed by atoms with Crippen LogP contribution in [0.5, 0.6) is 0 Å². The molecule has 1 fully saturated rings. The molecule has 1 unspecified atom stereocenters. The number of hydrogen-bond acceptors (Lipinski definition) is 3. The van der Waals surface area contributed by atoms with Gasteiger partial charge >= 0.3 is 0 Å². The molecule has 3 aromatic rings. The highest BCUT2D eigenvalue weighted by Crippen LogP contribution is 2.30. The molecule has 0 bridgehead atoms. The summed E-state index contributed by atoms with van der Waals surface area (Å²) in [5, 5.41) is 2.84. The van der Waals surface area contributed by atoms with Crippen molar-refractivity contribution < 1.29 is 18.8 Å². The summed E-state index contributed by atoms with van der Waals surface area (Å²) in [6.45, 7) is 0.526. The van der Waals surface area contributed by atoms with Gasteiger partial charge in [0.2, 0.25) is 5.91 Å². The van der Waals surface area contributed by atoms with Gasteiger partial charge in [-0.25, -0.2) is 4.39 Å². The van der Waals surface area contributed by atoms with Crippen LogP contribution in [0.15, 0.2) is 72.8 Å². The van der Waals surface area contributed by atoms with Crippen LogP contribution in [-0.2, 0) is 4.79 Å². The zero-order valence-electron chi connectivity index (χ0n) is 17.1. The normalized spacial score (nSPS) is 17.8. The Balaban J connectivity index is 1.43. The number of nitrogens with zero attached hydrogens (tertiary/aromatic N) is 2. The van der Waals surface area contributed by atoms with E-state index in [-0.39, 0.29) is 42.9 Å².